The number of hydrogen-bond acceptors (Lipinski definition) is 2. The Morgan fingerprint density at radius 2 is 2.00 bits per heavy atom. The predicted molar refractivity (Wildman–Crippen MR) is 97.3 cm³/mol. The molecule has 3 nitrogen and oxygen atoms in total. The van der Waals surface area contributed by atoms with Gasteiger partial charge in [0.25, 0.3) is 0 Å². The van der Waals surface area contributed by atoms with Gasteiger partial charge in [0.05, 0.1) is 33.4 Å². The van der Waals surface area contributed by atoms with Crippen LogP contribution in [0.3, 0.4) is 0 Å². The van der Waals surface area contributed by atoms with Gasteiger partial charge in [-0.25, -0.2) is 9.38 Å². The lowest BCUT2D eigenvalue weighted by atomic mass is 10.2. The highest BCUT2D eigenvalue weighted by atomic mass is 35.5. The molecule has 0 saturated heterocycles. The van der Waals surface area contributed by atoms with Crippen LogP contribution in [0.4, 0.5) is 21.5 Å². The van der Waals surface area contributed by atoms with E-state index in [1.54, 1.807) is 24.5 Å². The highest BCUT2D eigenvalue weighted by Crippen LogP contribution is 2.36. The Bertz CT molecular complexity index is 712. The van der Waals surface area contributed by atoms with E-state index in [2.05, 4.69) is 10.3 Å². The van der Waals surface area contributed by atoms with Crippen molar-refractivity contribution in [2.75, 3.05) is 18.9 Å². The molecule has 2 rings (SSSR count). The van der Waals surface area contributed by atoms with Crippen molar-refractivity contribution in [1.82, 2.24) is 4.90 Å². The molecule has 2 aromatic rings. The van der Waals surface area contributed by atoms with Crippen molar-refractivity contribution in [3.63, 3.8) is 0 Å². The van der Waals surface area contributed by atoms with Gasteiger partial charge in [-0.05, 0) is 37.6 Å². The van der Waals surface area contributed by atoms with Crippen LogP contribution >= 0.6 is 23.2 Å². The number of aryl methyl sites for hydroxylation is 1. The molecule has 0 radical (unpaired) electrons. The third-order valence-corrected chi connectivity index (χ3v) is 4.03. The molecule has 0 aliphatic heterocycles. The van der Waals surface area contributed by atoms with Gasteiger partial charge in [0, 0.05) is 13.6 Å². The van der Waals surface area contributed by atoms with Gasteiger partial charge in [-0.2, -0.15) is 0 Å². The van der Waals surface area contributed by atoms with Gasteiger partial charge in [0.2, 0.25) is 0 Å². The van der Waals surface area contributed by atoms with Gasteiger partial charge >= 0.3 is 0 Å². The minimum absolute atomic E-state index is 0.344. The minimum Gasteiger partial charge on any atom is -0.366 e. The van der Waals surface area contributed by atoms with E-state index in [-0.39, 0.29) is 5.82 Å². The van der Waals surface area contributed by atoms with Crippen molar-refractivity contribution in [1.29, 1.82) is 0 Å². The average molecular weight is 354 g/mol. The minimum atomic E-state index is -0.344. The van der Waals surface area contributed by atoms with Crippen LogP contribution in [0.5, 0.6) is 0 Å². The molecule has 0 atom stereocenters. The van der Waals surface area contributed by atoms with E-state index in [0.29, 0.717) is 27.1 Å². The molecule has 0 saturated carbocycles. The fraction of sp³-hybridized carbons (Fsp3) is 0.235. The van der Waals surface area contributed by atoms with Gasteiger partial charge in [-0.1, -0.05) is 35.3 Å². The summed E-state index contributed by atoms with van der Waals surface area (Å²) in [5.41, 5.74) is 2.26. The maximum absolute atomic E-state index is 13.9. The normalized spacial score (nSPS) is 11.0. The van der Waals surface area contributed by atoms with Gasteiger partial charge in [-0.3, -0.25) is 0 Å². The van der Waals surface area contributed by atoms with Gasteiger partial charge in [0.1, 0.15) is 5.82 Å². The summed E-state index contributed by atoms with van der Waals surface area (Å²) in [6.45, 7) is 4.67. The number of aliphatic imine (C=N–C) groups is 1. The monoisotopic (exact) mass is 353 g/mol. The predicted octanol–water partition coefficient (Wildman–Crippen LogP) is 5.80. The standard InChI is InChI=1S/C17H18Cl2FN3/c1-4-23(3)10-21-15-8-13(19)16(9-12(15)18)22-17-11(2)6-5-7-14(17)20/h5-10,22H,4H2,1-3H3/b21-10-. The Morgan fingerprint density at radius 1 is 1.26 bits per heavy atom. The van der Waals surface area contributed by atoms with Crippen LogP contribution in [0, 0.1) is 12.7 Å². The highest BCUT2D eigenvalue weighted by Gasteiger charge is 2.11. The van der Waals surface area contributed by atoms with Gasteiger partial charge in [-0.15, -0.1) is 0 Å². The summed E-state index contributed by atoms with van der Waals surface area (Å²) in [5, 5.41) is 3.86. The number of hydrogen-bond donors (Lipinski definition) is 1. The van der Waals surface area contributed by atoms with E-state index in [1.165, 1.54) is 6.07 Å². The Morgan fingerprint density at radius 3 is 2.65 bits per heavy atom. The van der Waals surface area contributed by atoms with E-state index in [9.17, 15) is 4.39 Å². The maximum atomic E-state index is 13.9. The molecule has 23 heavy (non-hydrogen) atoms. The van der Waals surface area contributed by atoms with Crippen LogP contribution in [-0.2, 0) is 0 Å². The molecular formula is C17H18Cl2FN3. The van der Waals surface area contributed by atoms with Gasteiger partial charge < -0.3 is 10.2 Å². The number of rotatable bonds is 5. The largest absolute Gasteiger partial charge is 0.366 e. The summed E-state index contributed by atoms with van der Waals surface area (Å²) in [6.07, 6.45) is 1.69. The molecule has 0 aliphatic rings. The lowest BCUT2D eigenvalue weighted by Gasteiger charge is -2.13. The first kappa shape index (κ1) is 17.6. The van der Waals surface area contributed by atoms with Crippen LogP contribution in [0.1, 0.15) is 12.5 Å². The molecule has 2 aromatic carbocycles. The smallest absolute Gasteiger partial charge is 0.146 e. The first-order valence-corrected chi connectivity index (χ1v) is 7.93. The van der Waals surface area contributed by atoms with Crippen molar-refractivity contribution < 1.29 is 4.39 Å². The molecule has 0 heterocycles. The molecule has 0 aromatic heterocycles. The van der Waals surface area contributed by atoms with Crippen LogP contribution in [0.25, 0.3) is 0 Å². The first-order chi connectivity index (χ1) is 10.9. The summed E-state index contributed by atoms with van der Waals surface area (Å²) in [6, 6.07) is 8.17. The third kappa shape index (κ3) is 4.36. The third-order valence-electron chi connectivity index (χ3n) is 3.41. The summed E-state index contributed by atoms with van der Waals surface area (Å²) in [4.78, 5) is 6.22. The van der Waals surface area contributed by atoms with Crippen molar-refractivity contribution in [3.8, 4) is 0 Å². The Kier molecular flexibility index (Phi) is 5.85. The second-order valence-corrected chi connectivity index (χ2v) is 5.97. The molecule has 6 heteroatoms. The molecule has 0 amide bonds. The number of benzene rings is 2. The number of nitrogens with one attached hydrogen (secondary N) is 1. The van der Waals surface area contributed by atoms with Crippen molar-refractivity contribution in [3.05, 3.63) is 51.8 Å². The van der Waals surface area contributed by atoms with Gasteiger partial charge in [0.15, 0.2) is 0 Å². The van der Waals surface area contributed by atoms with E-state index in [1.807, 2.05) is 31.9 Å². The SMILES string of the molecule is CCN(C)/C=N\c1cc(Cl)c(Nc2c(C)cccc2F)cc1Cl. The molecule has 0 aliphatic carbocycles. The lowest BCUT2D eigenvalue weighted by molar-refractivity contribution is 0.552. The quantitative estimate of drug-likeness (QED) is 0.543. The van der Waals surface area contributed by atoms with Crippen molar-refractivity contribution >= 4 is 46.6 Å². The fourth-order valence-electron chi connectivity index (χ4n) is 1.90. The van der Waals surface area contributed by atoms with Crippen molar-refractivity contribution in [2.24, 2.45) is 4.99 Å². The highest BCUT2D eigenvalue weighted by molar-refractivity contribution is 6.37. The molecule has 0 fully saturated rings. The van der Waals surface area contributed by atoms with Crippen LogP contribution in [0.15, 0.2) is 35.3 Å². The topological polar surface area (TPSA) is 27.6 Å². The number of anilines is 2. The zero-order valence-corrected chi connectivity index (χ0v) is 14.7. The molecule has 0 bridgehead atoms. The second-order valence-electron chi connectivity index (χ2n) is 5.16. The molecule has 1 N–H and O–H groups in total. The molecular weight excluding hydrogens is 336 g/mol. The van der Waals surface area contributed by atoms with E-state index < -0.39 is 0 Å². The van der Waals surface area contributed by atoms with Crippen LogP contribution < -0.4 is 5.32 Å². The second kappa shape index (κ2) is 7.66. The zero-order valence-electron chi connectivity index (χ0n) is 13.2. The molecule has 122 valence electrons. The molecule has 0 unspecified atom stereocenters. The Labute approximate surface area is 145 Å². The number of para-hydroxylation sites is 1. The van der Waals surface area contributed by atoms with Crippen LogP contribution in [-0.4, -0.2) is 24.8 Å². The summed E-state index contributed by atoms with van der Waals surface area (Å²) in [7, 11) is 1.91. The van der Waals surface area contributed by atoms with E-state index >= 15 is 0 Å². The number of nitrogens with zero attached hydrogens (tertiary/aromatic N) is 2. The first-order valence-electron chi connectivity index (χ1n) is 7.18. The number of halogens is 3. The Balaban J connectivity index is 2.32. The summed E-state index contributed by atoms with van der Waals surface area (Å²) in [5.74, 6) is -0.344. The zero-order chi connectivity index (χ0) is 17.0. The van der Waals surface area contributed by atoms with E-state index in [0.717, 1.165) is 12.1 Å². The summed E-state index contributed by atoms with van der Waals surface area (Å²) < 4.78 is 13.9. The maximum Gasteiger partial charge on any atom is 0.146 e. The van der Waals surface area contributed by atoms with Crippen molar-refractivity contribution in [2.45, 2.75) is 13.8 Å². The summed E-state index contributed by atoms with van der Waals surface area (Å²) >= 11 is 12.5. The fourth-order valence-corrected chi connectivity index (χ4v) is 2.32. The van der Waals surface area contributed by atoms with Crippen LogP contribution in [0.2, 0.25) is 10.0 Å². The lowest BCUT2D eigenvalue weighted by Crippen LogP contribution is -2.14. The molecule has 0 spiro atoms. The average Bonchev–Trinajstić information content (AvgIpc) is 2.52. The Hall–Kier alpha value is -1.78. The van der Waals surface area contributed by atoms with E-state index in [4.69, 9.17) is 23.2 Å².